The lowest BCUT2D eigenvalue weighted by Crippen LogP contribution is -2.38. The quantitative estimate of drug-likeness (QED) is 0.905. The number of likely N-dealkylation sites (N-methyl/N-ethyl adjacent to an activating group) is 1. The molecule has 1 N–H and O–H groups in total. The van der Waals surface area contributed by atoms with Crippen LogP contribution in [0.5, 0.6) is 0 Å². The Morgan fingerprint density at radius 3 is 2.20 bits per heavy atom. The summed E-state index contributed by atoms with van der Waals surface area (Å²) in [5.41, 5.74) is 2.84. The Kier molecular flexibility index (Phi) is 5.26. The number of carboxylic acids is 1. The highest BCUT2D eigenvalue weighted by atomic mass is 16.4. The maximum absolute atomic E-state index is 12.7. The number of rotatable bonds is 5. The van der Waals surface area contributed by atoms with Crippen molar-refractivity contribution in [1.82, 2.24) is 9.88 Å². The van der Waals surface area contributed by atoms with Crippen molar-refractivity contribution in [2.45, 2.75) is 33.1 Å². The van der Waals surface area contributed by atoms with Crippen LogP contribution in [0.3, 0.4) is 0 Å². The van der Waals surface area contributed by atoms with Crippen molar-refractivity contribution < 1.29 is 14.7 Å². The third-order valence-corrected chi connectivity index (χ3v) is 4.35. The highest BCUT2D eigenvalue weighted by Gasteiger charge is 2.26. The first kappa shape index (κ1) is 18.6. The molecule has 0 radical (unpaired) electrons. The van der Waals surface area contributed by atoms with Crippen LogP contribution in [0, 0.1) is 13.8 Å². The fourth-order valence-corrected chi connectivity index (χ4v) is 2.86. The zero-order valence-corrected chi connectivity index (χ0v) is 15.3. The van der Waals surface area contributed by atoms with Crippen molar-refractivity contribution in [3.63, 3.8) is 0 Å². The molecule has 1 aromatic heterocycles. The Balaban J connectivity index is 2.18. The number of aromatic carboxylic acids is 1. The highest BCUT2D eigenvalue weighted by Crippen LogP contribution is 2.25. The molecule has 5 nitrogen and oxygen atoms in total. The Hall–Kier alpha value is -2.69. The number of carboxylic acid groups (broad SMARTS) is 1. The van der Waals surface area contributed by atoms with Gasteiger partial charge in [-0.15, -0.1) is 0 Å². The molecule has 0 spiro atoms. The molecule has 1 heterocycles. The molecule has 0 unspecified atom stereocenters. The van der Waals surface area contributed by atoms with Crippen molar-refractivity contribution in [1.29, 1.82) is 0 Å². The molecule has 2 aromatic rings. The van der Waals surface area contributed by atoms with Gasteiger partial charge in [-0.3, -0.25) is 4.79 Å². The first-order valence-electron chi connectivity index (χ1n) is 8.15. The fourth-order valence-electron chi connectivity index (χ4n) is 2.86. The minimum absolute atomic E-state index is 0.110. The molecule has 0 fully saturated rings. The number of pyridine rings is 1. The lowest BCUT2D eigenvalue weighted by molar-refractivity contribution is 0.0692. The van der Waals surface area contributed by atoms with E-state index in [1.54, 1.807) is 18.9 Å². The monoisotopic (exact) mass is 340 g/mol. The molecule has 0 saturated heterocycles. The molecule has 0 saturated carbocycles. The SMILES string of the molecule is Cc1ccc(C(C)(C)CN(C)C(=O)c2ccc(C(=O)O)c(C)n2)cc1. The second-order valence-electron chi connectivity index (χ2n) is 7.05. The average molecular weight is 340 g/mol. The number of aromatic nitrogens is 1. The normalized spacial score (nSPS) is 11.2. The predicted octanol–water partition coefficient (Wildman–Crippen LogP) is 3.45. The van der Waals surface area contributed by atoms with Crippen LogP contribution < -0.4 is 0 Å². The van der Waals surface area contributed by atoms with Gasteiger partial charge in [0.15, 0.2) is 0 Å². The second kappa shape index (κ2) is 7.05. The van der Waals surface area contributed by atoms with Gasteiger partial charge in [0.05, 0.1) is 11.3 Å². The van der Waals surface area contributed by atoms with Gasteiger partial charge in [-0.2, -0.15) is 0 Å². The molecule has 1 amide bonds. The summed E-state index contributed by atoms with van der Waals surface area (Å²) >= 11 is 0. The summed E-state index contributed by atoms with van der Waals surface area (Å²) < 4.78 is 0. The van der Waals surface area contributed by atoms with Crippen LogP contribution in [-0.4, -0.2) is 40.5 Å². The smallest absolute Gasteiger partial charge is 0.337 e. The molecule has 1 aromatic carbocycles. The number of carbonyl (C=O) groups excluding carboxylic acids is 1. The number of carbonyl (C=O) groups is 2. The standard InChI is InChI=1S/C20H24N2O3/c1-13-6-8-15(9-7-13)20(3,4)12-22(5)18(23)17-11-10-16(19(24)25)14(2)21-17/h6-11H,12H2,1-5H3,(H,24,25). The first-order chi connectivity index (χ1) is 11.6. The summed E-state index contributed by atoms with van der Waals surface area (Å²) in [5.74, 6) is -1.27. The molecular weight excluding hydrogens is 316 g/mol. The summed E-state index contributed by atoms with van der Waals surface area (Å²) in [4.78, 5) is 29.5. The average Bonchev–Trinajstić information content (AvgIpc) is 2.53. The molecule has 132 valence electrons. The van der Waals surface area contributed by atoms with Gasteiger partial charge in [0.25, 0.3) is 5.91 Å². The number of amides is 1. The minimum Gasteiger partial charge on any atom is -0.478 e. The molecule has 0 aliphatic carbocycles. The minimum atomic E-state index is -1.04. The predicted molar refractivity (Wildman–Crippen MR) is 97.1 cm³/mol. The van der Waals surface area contributed by atoms with Gasteiger partial charge in [0.1, 0.15) is 5.69 Å². The van der Waals surface area contributed by atoms with E-state index >= 15 is 0 Å². The Bertz CT molecular complexity index is 795. The van der Waals surface area contributed by atoms with Crippen LogP contribution in [0.25, 0.3) is 0 Å². The van der Waals surface area contributed by atoms with E-state index in [-0.39, 0.29) is 22.6 Å². The fraction of sp³-hybridized carbons (Fsp3) is 0.350. The van der Waals surface area contributed by atoms with Crippen molar-refractivity contribution >= 4 is 11.9 Å². The largest absolute Gasteiger partial charge is 0.478 e. The number of hydrogen-bond acceptors (Lipinski definition) is 3. The molecule has 2 rings (SSSR count). The van der Waals surface area contributed by atoms with Gasteiger partial charge in [-0.1, -0.05) is 43.7 Å². The van der Waals surface area contributed by atoms with Crippen LogP contribution in [-0.2, 0) is 5.41 Å². The third-order valence-electron chi connectivity index (χ3n) is 4.35. The van der Waals surface area contributed by atoms with E-state index in [0.717, 1.165) is 5.56 Å². The van der Waals surface area contributed by atoms with Gasteiger partial charge in [-0.05, 0) is 31.5 Å². The maximum Gasteiger partial charge on any atom is 0.337 e. The molecule has 0 atom stereocenters. The number of nitrogens with zero attached hydrogens (tertiary/aromatic N) is 2. The maximum atomic E-state index is 12.7. The summed E-state index contributed by atoms with van der Waals surface area (Å²) in [7, 11) is 1.74. The lowest BCUT2D eigenvalue weighted by atomic mass is 9.84. The topological polar surface area (TPSA) is 70.5 Å². The number of benzene rings is 1. The molecule has 5 heteroatoms. The van der Waals surface area contributed by atoms with Crippen LogP contribution in [0.15, 0.2) is 36.4 Å². The Morgan fingerprint density at radius 1 is 1.08 bits per heavy atom. The van der Waals surface area contributed by atoms with E-state index in [2.05, 4.69) is 43.1 Å². The van der Waals surface area contributed by atoms with Crippen LogP contribution in [0.2, 0.25) is 0 Å². The van der Waals surface area contributed by atoms with E-state index in [1.165, 1.54) is 17.7 Å². The lowest BCUT2D eigenvalue weighted by Gasteiger charge is -2.31. The summed E-state index contributed by atoms with van der Waals surface area (Å²) in [6.07, 6.45) is 0. The van der Waals surface area contributed by atoms with Crippen LogP contribution in [0.4, 0.5) is 0 Å². The molecule has 0 bridgehead atoms. The third kappa shape index (κ3) is 4.24. The summed E-state index contributed by atoms with van der Waals surface area (Å²) in [6.45, 7) is 8.34. The van der Waals surface area contributed by atoms with Gasteiger partial charge < -0.3 is 10.0 Å². The Labute approximate surface area is 148 Å². The number of aryl methyl sites for hydroxylation is 2. The van der Waals surface area contributed by atoms with Gasteiger partial charge >= 0.3 is 5.97 Å². The van der Waals surface area contributed by atoms with Crippen molar-refractivity contribution in [3.05, 3.63) is 64.5 Å². The zero-order chi connectivity index (χ0) is 18.8. The van der Waals surface area contributed by atoms with Gasteiger partial charge in [0, 0.05) is 19.0 Å². The van der Waals surface area contributed by atoms with E-state index in [9.17, 15) is 9.59 Å². The Morgan fingerprint density at radius 2 is 1.68 bits per heavy atom. The highest BCUT2D eigenvalue weighted by molar-refractivity contribution is 5.94. The van der Waals surface area contributed by atoms with Crippen molar-refractivity contribution in [2.75, 3.05) is 13.6 Å². The first-order valence-corrected chi connectivity index (χ1v) is 8.15. The summed E-state index contributed by atoms with van der Waals surface area (Å²) in [5, 5.41) is 9.07. The van der Waals surface area contributed by atoms with E-state index in [4.69, 9.17) is 5.11 Å². The van der Waals surface area contributed by atoms with Crippen molar-refractivity contribution in [3.8, 4) is 0 Å². The van der Waals surface area contributed by atoms with Crippen LogP contribution >= 0.6 is 0 Å². The zero-order valence-electron chi connectivity index (χ0n) is 15.3. The molecule has 25 heavy (non-hydrogen) atoms. The van der Waals surface area contributed by atoms with Gasteiger partial charge in [-0.25, -0.2) is 9.78 Å². The van der Waals surface area contributed by atoms with E-state index < -0.39 is 5.97 Å². The van der Waals surface area contributed by atoms with Crippen molar-refractivity contribution in [2.24, 2.45) is 0 Å². The molecular formula is C20H24N2O3. The van der Waals surface area contributed by atoms with E-state index in [1.807, 2.05) is 6.92 Å². The molecule has 0 aliphatic rings. The summed E-state index contributed by atoms with van der Waals surface area (Å²) in [6, 6.07) is 11.2. The number of hydrogen-bond donors (Lipinski definition) is 1. The van der Waals surface area contributed by atoms with Gasteiger partial charge in [0.2, 0.25) is 0 Å². The second-order valence-corrected chi connectivity index (χ2v) is 7.05. The van der Waals surface area contributed by atoms with E-state index in [0.29, 0.717) is 12.2 Å². The molecule has 0 aliphatic heterocycles. The van der Waals surface area contributed by atoms with Crippen LogP contribution in [0.1, 0.15) is 51.5 Å².